The number of benzene rings is 4. The third-order valence-corrected chi connectivity index (χ3v) is 9.72. The molecule has 1 fully saturated rings. The highest BCUT2D eigenvalue weighted by Gasteiger charge is 2.42. The molecule has 4 aromatic carbocycles. The fraction of sp³-hybridized carbons (Fsp3) is 0.270. The number of esters is 1. The topological polar surface area (TPSA) is 159 Å². The van der Waals surface area contributed by atoms with E-state index < -0.39 is 26.4 Å². The Labute approximate surface area is 296 Å². The van der Waals surface area contributed by atoms with Crippen LogP contribution in [-0.4, -0.2) is 55.2 Å². The first-order chi connectivity index (χ1) is 24.8. The van der Waals surface area contributed by atoms with E-state index in [1.54, 1.807) is 12.1 Å². The summed E-state index contributed by atoms with van der Waals surface area (Å²) in [5.41, 5.74) is 7.39. The molecule has 7 rings (SSSR count). The predicted octanol–water partition coefficient (Wildman–Crippen LogP) is 6.38. The predicted molar refractivity (Wildman–Crippen MR) is 195 cm³/mol. The van der Waals surface area contributed by atoms with E-state index >= 15 is 0 Å². The molecule has 51 heavy (non-hydrogen) atoms. The number of fused-ring (bicyclic) bond motifs is 2. The van der Waals surface area contributed by atoms with E-state index in [1.807, 2.05) is 102 Å². The quantitative estimate of drug-likeness (QED) is 0.0967. The number of nitrogens with two attached hydrogens (primary N) is 1. The smallest absolute Gasteiger partial charge is 0.459 e. The van der Waals surface area contributed by atoms with Gasteiger partial charge in [0.15, 0.2) is 5.82 Å². The average molecular weight is 713 g/mol. The maximum Gasteiger partial charge on any atom is 0.459 e. The van der Waals surface area contributed by atoms with E-state index in [2.05, 4.69) is 27.3 Å². The zero-order valence-corrected chi connectivity index (χ0v) is 29.3. The highest BCUT2D eigenvalue weighted by molar-refractivity contribution is 7.52. The Morgan fingerprint density at radius 1 is 0.980 bits per heavy atom. The van der Waals surface area contributed by atoms with Crippen molar-refractivity contribution in [2.45, 2.75) is 32.3 Å². The van der Waals surface area contributed by atoms with Crippen molar-refractivity contribution in [2.75, 3.05) is 42.9 Å². The fourth-order valence-electron chi connectivity index (χ4n) is 5.84. The summed E-state index contributed by atoms with van der Waals surface area (Å²) in [6.07, 6.45) is -0.182. The second kappa shape index (κ2) is 16.7. The van der Waals surface area contributed by atoms with Gasteiger partial charge >= 0.3 is 13.7 Å². The lowest BCUT2D eigenvalue weighted by Crippen LogP contribution is -2.39. The molecule has 3 heterocycles. The van der Waals surface area contributed by atoms with E-state index in [1.165, 1.54) is 7.11 Å². The lowest BCUT2D eigenvalue weighted by atomic mass is 10.1. The minimum absolute atomic E-state index is 0.0572. The molecule has 4 atom stereocenters. The van der Waals surface area contributed by atoms with Gasteiger partial charge in [0.25, 0.3) is 0 Å². The van der Waals surface area contributed by atoms with Crippen molar-refractivity contribution in [2.24, 2.45) is 5.92 Å². The summed E-state index contributed by atoms with van der Waals surface area (Å²) in [7, 11) is -2.58. The molecule has 0 bridgehead atoms. The molecule has 0 spiro atoms. The number of nitrogens with zero attached hydrogens (tertiary/aromatic N) is 3. The monoisotopic (exact) mass is 712 g/mol. The Kier molecular flexibility index (Phi) is 11.6. The van der Waals surface area contributed by atoms with Crippen molar-refractivity contribution in [1.29, 1.82) is 0 Å². The van der Waals surface area contributed by atoms with Crippen molar-refractivity contribution < 1.29 is 32.6 Å². The number of anilines is 3. The van der Waals surface area contributed by atoms with Crippen LogP contribution >= 0.6 is 7.75 Å². The third-order valence-electron chi connectivity index (χ3n) is 8.25. The average Bonchev–Trinajstić information content (AvgIpc) is 3.76. The van der Waals surface area contributed by atoms with Crippen LogP contribution in [0.2, 0.25) is 0 Å². The maximum absolute atomic E-state index is 14.2. The van der Waals surface area contributed by atoms with Crippen LogP contribution in [0.1, 0.15) is 18.9 Å². The summed E-state index contributed by atoms with van der Waals surface area (Å²) in [6, 6.07) is 34.3. The molecule has 1 saturated heterocycles. The Balaban J connectivity index is 0.000000677. The van der Waals surface area contributed by atoms with Crippen molar-refractivity contribution in [3.63, 3.8) is 0 Å². The number of hydrogen-bond acceptors (Lipinski definition) is 12. The molecule has 2 aliphatic rings. The first kappa shape index (κ1) is 35.6. The Bertz CT molecular complexity index is 1920. The first-order valence-corrected chi connectivity index (χ1v) is 18.1. The lowest BCUT2D eigenvalue weighted by molar-refractivity contribution is -0.143. The van der Waals surface area contributed by atoms with Crippen LogP contribution in [0.25, 0.3) is 10.8 Å². The van der Waals surface area contributed by atoms with Crippen LogP contribution in [0.15, 0.2) is 109 Å². The highest BCUT2D eigenvalue weighted by Crippen LogP contribution is 2.47. The molecule has 4 N–H and O–H groups in total. The summed E-state index contributed by atoms with van der Waals surface area (Å²) in [4.78, 5) is 23.1. The highest BCUT2D eigenvalue weighted by atomic mass is 31.2. The fourth-order valence-corrected chi connectivity index (χ4v) is 7.15. The molecule has 0 radical (unpaired) electrons. The van der Waals surface area contributed by atoms with Crippen molar-refractivity contribution in [1.82, 2.24) is 15.1 Å². The zero-order chi connectivity index (χ0) is 35.6. The van der Waals surface area contributed by atoms with E-state index in [9.17, 15) is 9.36 Å². The summed E-state index contributed by atoms with van der Waals surface area (Å²) < 4.78 is 43.2. The summed E-state index contributed by atoms with van der Waals surface area (Å²) in [6.45, 7) is 2.11. The van der Waals surface area contributed by atoms with Gasteiger partial charge in [-0.05, 0) is 23.4 Å². The summed E-state index contributed by atoms with van der Waals surface area (Å²) in [5.74, 6) is 0.833. The minimum atomic E-state index is -4.09. The van der Waals surface area contributed by atoms with Crippen LogP contribution < -0.4 is 30.3 Å². The normalized spacial score (nSPS) is 18.9. The van der Waals surface area contributed by atoms with Crippen molar-refractivity contribution in [3.05, 3.63) is 115 Å². The van der Waals surface area contributed by atoms with Crippen LogP contribution in [0.5, 0.6) is 11.6 Å². The molecule has 2 aliphatic heterocycles. The number of nitrogens with one attached hydrogen (secondary N) is 2. The Morgan fingerprint density at radius 3 is 2.41 bits per heavy atom. The number of rotatable bonds is 12. The van der Waals surface area contributed by atoms with Crippen LogP contribution in [0, 0.1) is 5.92 Å². The summed E-state index contributed by atoms with van der Waals surface area (Å²) >= 11 is 0. The van der Waals surface area contributed by atoms with Gasteiger partial charge in [0.05, 0.1) is 26.5 Å². The van der Waals surface area contributed by atoms with Gasteiger partial charge in [-0.2, -0.15) is 9.97 Å². The van der Waals surface area contributed by atoms with Crippen molar-refractivity contribution in [3.8, 4) is 11.6 Å². The largest absolute Gasteiger partial charge is 0.479 e. The van der Waals surface area contributed by atoms with E-state index in [-0.39, 0.29) is 31.3 Å². The zero-order valence-electron chi connectivity index (χ0n) is 28.4. The molecule has 5 aromatic rings. The number of aromatic nitrogens is 2. The molecule has 1 aromatic heterocycles. The van der Waals surface area contributed by atoms with Crippen molar-refractivity contribution >= 4 is 41.9 Å². The number of methoxy groups -OCH3 is 1. The first-order valence-electron chi connectivity index (χ1n) is 16.6. The second-order valence-corrected chi connectivity index (χ2v) is 13.7. The van der Waals surface area contributed by atoms with Gasteiger partial charge in [-0.25, -0.2) is 9.65 Å². The van der Waals surface area contributed by atoms with Crippen LogP contribution in [-0.2, 0) is 30.0 Å². The second-order valence-electron chi connectivity index (χ2n) is 12.0. The number of carbonyl (C=O) groups is 1. The van der Waals surface area contributed by atoms with Gasteiger partial charge in [0, 0.05) is 11.3 Å². The van der Waals surface area contributed by atoms with Gasteiger partial charge in [0.1, 0.15) is 30.8 Å². The molecule has 0 aliphatic carbocycles. The number of nitrogen functional groups attached to an aromatic ring is 1. The lowest BCUT2D eigenvalue weighted by Gasteiger charge is -2.28. The third kappa shape index (κ3) is 9.13. The molecular formula is C37H41N6O7P. The Morgan fingerprint density at radius 2 is 1.67 bits per heavy atom. The number of ether oxygens (including phenoxy) is 3. The van der Waals surface area contributed by atoms with E-state index in [0.717, 1.165) is 16.3 Å². The van der Waals surface area contributed by atoms with Gasteiger partial charge < -0.3 is 34.7 Å². The molecule has 0 saturated carbocycles. The van der Waals surface area contributed by atoms with E-state index in [4.69, 9.17) is 29.0 Å². The molecule has 4 unspecified atom stereocenters. The minimum Gasteiger partial charge on any atom is -0.479 e. The molecule has 13 nitrogen and oxygen atoms in total. The van der Waals surface area contributed by atoms with E-state index in [0.29, 0.717) is 36.2 Å². The number of carbonyl (C=O) groups excluding carboxylic acids is 1. The van der Waals surface area contributed by atoms with Crippen LogP contribution in [0.3, 0.4) is 0 Å². The van der Waals surface area contributed by atoms with Gasteiger partial charge in [-0.3, -0.25) is 9.32 Å². The molecule has 266 valence electrons. The van der Waals surface area contributed by atoms with Gasteiger partial charge in [-0.1, -0.05) is 110 Å². The standard InChI is InChI=1S/C31H35N6O7P.C6H6/c1-20-15-23(43-30(20)37-19-33-27-28(37)35-31(32)36-29(27)40-2)18-42-45(39,34-16-26(38)41-17-21-9-4-3-5-10-21)44-25-14-8-12-22-11-6-7-13-24(22)25;1-2-4-6-5-3-1/h3-14,20,23,30,33H,15-19H2,1-2H3,(H,34,39)(H2,32,35,36);1-6H. The van der Waals surface area contributed by atoms with Gasteiger partial charge in [0.2, 0.25) is 11.8 Å². The maximum atomic E-state index is 14.2. The number of hydrogen-bond donors (Lipinski definition) is 3. The Hall–Kier alpha value is -5.20. The summed E-state index contributed by atoms with van der Waals surface area (Å²) in [5, 5.41) is 7.59. The molecule has 14 heteroatoms. The van der Waals surface area contributed by atoms with Gasteiger partial charge in [-0.15, -0.1) is 0 Å². The molecule has 0 amide bonds. The molecular weight excluding hydrogens is 671 g/mol. The van der Waals surface area contributed by atoms with Crippen LogP contribution in [0.4, 0.5) is 17.5 Å². The SMILES string of the molecule is COc1nc(N)nc2c1NCN2C1OC(COP(=O)(NCC(=O)OCc2ccccc2)Oc2cccc3ccccc23)CC1C.c1ccccc1.